The molecule has 1 aromatic rings. The number of nitrogens with zero attached hydrogens (tertiary/aromatic N) is 1. The van der Waals surface area contributed by atoms with Crippen LogP contribution >= 0.6 is 11.3 Å². The SMILES string of the molecule is O=C1CCC(C(=O)Nc2ncc(C#CCCO)s2)N1. The van der Waals surface area contributed by atoms with Gasteiger partial charge in [-0.25, -0.2) is 4.98 Å². The number of hydrogen-bond acceptors (Lipinski definition) is 5. The van der Waals surface area contributed by atoms with Gasteiger partial charge in [0.05, 0.1) is 17.7 Å². The van der Waals surface area contributed by atoms with Crippen molar-refractivity contribution in [3.63, 3.8) is 0 Å². The summed E-state index contributed by atoms with van der Waals surface area (Å²) in [6.07, 6.45) is 2.87. The van der Waals surface area contributed by atoms with Crippen LogP contribution in [0, 0.1) is 11.8 Å². The first-order chi connectivity index (χ1) is 9.19. The van der Waals surface area contributed by atoms with Crippen molar-refractivity contribution in [1.82, 2.24) is 10.3 Å². The molecule has 0 spiro atoms. The first-order valence-corrected chi connectivity index (χ1v) is 6.66. The number of aliphatic hydroxyl groups excluding tert-OH is 1. The summed E-state index contributed by atoms with van der Waals surface area (Å²) in [4.78, 5) is 27.6. The Labute approximate surface area is 114 Å². The van der Waals surface area contributed by atoms with Gasteiger partial charge in [0.1, 0.15) is 6.04 Å². The van der Waals surface area contributed by atoms with Crippen LogP contribution in [-0.2, 0) is 9.59 Å². The third kappa shape index (κ3) is 3.77. The summed E-state index contributed by atoms with van der Waals surface area (Å²) in [6, 6.07) is -0.472. The van der Waals surface area contributed by atoms with Crippen LogP contribution in [-0.4, -0.2) is 34.6 Å². The predicted octanol–water partition coefficient (Wildman–Crippen LogP) is 0.0941. The third-order valence-corrected chi connectivity index (χ3v) is 3.32. The summed E-state index contributed by atoms with van der Waals surface area (Å²) in [7, 11) is 0. The zero-order valence-electron chi connectivity index (χ0n) is 10.1. The van der Waals surface area contributed by atoms with Crippen molar-refractivity contribution in [3.8, 4) is 11.8 Å². The second-order valence-corrected chi connectivity index (χ2v) is 4.98. The molecule has 1 fully saturated rings. The normalized spacial score (nSPS) is 17.5. The van der Waals surface area contributed by atoms with Crippen LogP contribution in [0.4, 0.5) is 5.13 Å². The summed E-state index contributed by atoms with van der Waals surface area (Å²) in [5, 5.41) is 14.3. The number of carbonyl (C=O) groups is 2. The molecule has 1 saturated heterocycles. The molecule has 19 heavy (non-hydrogen) atoms. The Kier molecular flexibility index (Phi) is 4.49. The number of rotatable bonds is 3. The van der Waals surface area contributed by atoms with Crippen LogP contribution in [0.25, 0.3) is 0 Å². The lowest BCUT2D eigenvalue weighted by Crippen LogP contribution is -2.37. The number of anilines is 1. The van der Waals surface area contributed by atoms with Gasteiger partial charge in [0.15, 0.2) is 5.13 Å². The number of carbonyl (C=O) groups excluding carboxylic acids is 2. The zero-order chi connectivity index (χ0) is 13.7. The summed E-state index contributed by atoms with van der Waals surface area (Å²) in [5.41, 5.74) is 0. The van der Waals surface area contributed by atoms with Gasteiger partial charge >= 0.3 is 0 Å². The highest BCUT2D eigenvalue weighted by Gasteiger charge is 2.27. The van der Waals surface area contributed by atoms with E-state index in [2.05, 4.69) is 27.5 Å². The van der Waals surface area contributed by atoms with E-state index in [9.17, 15) is 9.59 Å². The van der Waals surface area contributed by atoms with E-state index < -0.39 is 6.04 Å². The molecule has 3 N–H and O–H groups in total. The van der Waals surface area contributed by atoms with E-state index in [0.29, 0.717) is 24.4 Å². The van der Waals surface area contributed by atoms with E-state index >= 15 is 0 Å². The maximum absolute atomic E-state index is 11.8. The molecule has 0 saturated carbocycles. The van der Waals surface area contributed by atoms with Crippen molar-refractivity contribution in [1.29, 1.82) is 0 Å². The molecular formula is C12H13N3O3S. The molecule has 1 aliphatic heterocycles. The molecule has 0 aromatic carbocycles. The average Bonchev–Trinajstić information content (AvgIpc) is 2.99. The van der Waals surface area contributed by atoms with E-state index in [-0.39, 0.29) is 18.4 Å². The van der Waals surface area contributed by atoms with Crippen molar-refractivity contribution in [2.45, 2.75) is 25.3 Å². The maximum Gasteiger partial charge on any atom is 0.248 e. The van der Waals surface area contributed by atoms with Gasteiger partial charge in [-0.15, -0.1) is 0 Å². The van der Waals surface area contributed by atoms with E-state index in [1.54, 1.807) is 6.20 Å². The van der Waals surface area contributed by atoms with Crippen molar-refractivity contribution >= 4 is 28.3 Å². The number of amides is 2. The van der Waals surface area contributed by atoms with Gasteiger partial charge in [-0.1, -0.05) is 23.2 Å². The number of thiazole rings is 1. The van der Waals surface area contributed by atoms with E-state index in [1.807, 2.05) is 0 Å². The van der Waals surface area contributed by atoms with Crippen molar-refractivity contribution in [3.05, 3.63) is 11.1 Å². The van der Waals surface area contributed by atoms with Crippen molar-refractivity contribution in [2.75, 3.05) is 11.9 Å². The second-order valence-electron chi connectivity index (χ2n) is 3.95. The monoisotopic (exact) mass is 279 g/mol. The summed E-state index contributed by atoms with van der Waals surface area (Å²) >= 11 is 1.26. The Balaban J connectivity index is 1.91. The summed E-state index contributed by atoms with van der Waals surface area (Å²) in [6.45, 7) is 0.0246. The predicted molar refractivity (Wildman–Crippen MR) is 70.5 cm³/mol. The molecule has 2 amide bonds. The Morgan fingerprint density at radius 3 is 3.21 bits per heavy atom. The smallest absolute Gasteiger partial charge is 0.248 e. The van der Waals surface area contributed by atoms with E-state index in [0.717, 1.165) is 4.88 Å². The Morgan fingerprint density at radius 2 is 2.53 bits per heavy atom. The van der Waals surface area contributed by atoms with E-state index in [4.69, 9.17) is 5.11 Å². The highest BCUT2D eigenvalue weighted by molar-refractivity contribution is 7.16. The first-order valence-electron chi connectivity index (χ1n) is 5.85. The van der Waals surface area contributed by atoms with Crippen LogP contribution in [0.3, 0.4) is 0 Å². The molecule has 100 valence electrons. The largest absolute Gasteiger partial charge is 0.395 e. The fourth-order valence-electron chi connectivity index (χ4n) is 1.60. The maximum atomic E-state index is 11.8. The molecule has 1 unspecified atom stereocenters. The van der Waals surface area contributed by atoms with Gasteiger partial charge in [0.2, 0.25) is 11.8 Å². The van der Waals surface area contributed by atoms with Gasteiger partial charge < -0.3 is 15.7 Å². The molecule has 1 atom stereocenters. The standard InChI is InChI=1S/C12H13N3O3S/c16-6-2-1-3-8-7-13-12(19-8)15-11(18)9-4-5-10(17)14-9/h7,9,16H,2,4-6H2,(H,14,17)(H,13,15,18). The van der Waals surface area contributed by atoms with Crippen LogP contribution in [0.5, 0.6) is 0 Å². The van der Waals surface area contributed by atoms with Gasteiger partial charge in [-0.05, 0) is 6.42 Å². The quantitative estimate of drug-likeness (QED) is 0.684. The summed E-state index contributed by atoms with van der Waals surface area (Å²) < 4.78 is 0. The third-order valence-electron chi connectivity index (χ3n) is 2.50. The molecule has 0 aliphatic carbocycles. The fourth-order valence-corrected chi connectivity index (χ4v) is 2.29. The van der Waals surface area contributed by atoms with Crippen LogP contribution in [0.15, 0.2) is 6.20 Å². The zero-order valence-corrected chi connectivity index (χ0v) is 10.9. The van der Waals surface area contributed by atoms with Gasteiger partial charge in [-0.3, -0.25) is 9.59 Å². The first kappa shape index (κ1) is 13.5. The molecule has 2 rings (SSSR count). The molecule has 0 radical (unpaired) electrons. The van der Waals surface area contributed by atoms with Crippen molar-refractivity contribution in [2.24, 2.45) is 0 Å². The summed E-state index contributed by atoms with van der Waals surface area (Å²) in [5.74, 6) is 5.26. The highest BCUT2D eigenvalue weighted by Crippen LogP contribution is 2.18. The molecule has 2 heterocycles. The molecule has 6 nitrogen and oxygen atoms in total. The topological polar surface area (TPSA) is 91.3 Å². The fraction of sp³-hybridized carbons (Fsp3) is 0.417. The highest BCUT2D eigenvalue weighted by atomic mass is 32.1. The lowest BCUT2D eigenvalue weighted by atomic mass is 10.2. The molecule has 1 aliphatic rings. The number of aromatic nitrogens is 1. The van der Waals surface area contributed by atoms with Crippen molar-refractivity contribution < 1.29 is 14.7 Å². The van der Waals surface area contributed by atoms with Gasteiger partial charge in [-0.2, -0.15) is 0 Å². The molecule has 7 heteroatoms. The number of hydrogen-bond donors (Lipinski definition) is 3. The lowest BCUT2D eigenvalue weighted by molar-refractivity contribution is -0.122. The average molecular weight is 279 g/mol. The minimum Gasteiger partial charge on any atom is -0.395 e. The Morgan fingerprint density at radius 1 is 1.68 bits per heavy atom. The minimum atomic E-state index is -0.472. The Bertz CT molecular complexity index is 544. The molecule has 0 bridgehead atoms. The van der Waals surface area contributed by atoms with Gasteiger partial charge in [0, 0.05) is 12.8 Å². The Hall–Kier alpha value is -1.91. The van der Waals surface area contributed by atoms with Crippen LogP contribution in [0.2, 0.25) is 0 Å². The minimum absolute atomic E-state index is 0.0246. The molecular weight excluding hydrogens is 266 g/mol. The van der Waals surface area contributed by atoms with Crippen LogP contribution in [0.1, 0.15) is 24.1 Å². The number of nitrogens with one attached hydrogen (secondary N) is 2. The van der Waals surface area contributed by atoms with E-state index in [1.165, 1.54) is 11.3 Å². The second kappa shape index (κ2) is 6.31. The molecule has 1 aromatic heterocycles. The van der Waals surface area contributed by atoms with Crippen LogP contribution < -0.4 is 10.6 Å². The lowest BCUT2D eigenvalue weighted by Gasteiger charge is -2.07. The van der Waals surface area contributed by atoms with Gasteiger partial charge in [0.25, 0.3) is 0 Å². The number of aliphatic hydroxyl groups is 1.